The number of pyridine rings is 1. The molecule has 0 aliphatic carbocycles. The molecule has 3 rings (SSSR count). The standard InChI is InChI=1S/C15H13N3S/c16-15-18-13(10-19-15)14-12(7-4-8-17-14)9-11-5-2-1-3-6-11/h1-8,10H,9H2,(H2,16,18). The highest BCUT2D eigenvalue weighted by molar-refractivity contribution is 7.13. The van der Waals surface area contributed by atoms with Gasteiger partial charge in [0.25, 0.3) is 0 Å². The summed E-state index contributed by atoms with van der Waals surface area (Å²) in [5, 5.41) is 2.53. The van der Waals surface area contributed by atoms with E-state index in [2.05, 4.69) is 28.2 Å². The normalized spacial score (nSPS) is 10.5. The van der Waals surface area contributed by atoms with E-state index in [1.54, 1.807) is 6.20 Å². The van der Waals surface area contributed by atoms with Crippen LogP contribution in [0.4, 0.5) is 5.13 Å². The van der Waals surface area contributed by atoms with E-state index in [-0.39, 0.29) is 0 Å². The molecule has 3 aromatic rings. The number of thiazole rings is 1. The van der Waals surface area contributed by atoms with E-state index in [4.69, 9.17) is 5.73 Å². The molecule has 2 N–H and O–H groups in total. The number of benzene rings is 1. The van der Waals surface area contributed by atoms with Crippen molar-refractivity contribution in [3.8, 4) is 11.4 Å². The smallest absolute Gasteiger partial charge is 0.180 e. The Labute approximate surface area is 115 Å². The number of hydrogen-bond acceptors (Lipinski definition) is 4. The highest BCUT2D eigenvalue weighted by atomic mass is 32.1. The predicted molar refractivity (Wildman–Crippen MR) is 79.0 cm³/mol. The molecule has 0 aliphatic rings. The number of anilines is 1. The molecule has 0 amide bonds. The van der Waals surface area contributed by atoms with Crippen molar-refractivity contribution in [2.75, 3.05) is 5.73 Å². The van der Waals surface area contributed by atoms with Gasteiger partial charge in [-0.25, -0.2) is 4.98 Å². The predicted octanol–water partition coefficient (Wildman–Crippen LogP) is 3.38. The van der Waals surface area contributed by atoms with E-state index in [1.165, 1.54) is 22.5 Å². The van der Waals surface area contributed by atoms with Crippen LogP contribution in [0.25, 0.3) is 11.4 Å². The van der Waals surface area contributed by atoms with Gasteiger partial charge in [-0.15, -0.1) is 11.3 Å². The summed E-state index contributed by atoms with van der Waals surface area (Å²) in [4.78, 5) is 8.76. The minimum Gasteiger partial charge on any atom is -0.375 e. The van der Waals surface area contributed by atoms with Crippen LogP contribution in [0.5, 0.6) is 0 Å². The third-order valence-corrected chi connectivity index (χ3v) is 3.57. The molecule has 0 radical (unpaired) electrons. The molecule has 0 unspecified atom stereocenters. The van der Waals surface area contributed by atoms with Crippen LogP contribution in [-0.4, -0.2) is 9.97 Å². The third kappa shape index (κ3) is 2.63. The Hall–Kier alpha value is -2.20. The summed E-state index contributed by atoms with van der Waals surface area (Å²) in [7, 11) is 0. The SMILES string of the molecule is Nc1nc(-c2ncccc2Cc2ccccc2)cs1. The maximum absolute atomic E-state index is 5.70. The molecule has 3 nitrogen and oxygen atoms in total. The lowest BCUT2D eigenvalue weighted by Gasteiger charge is -2.06. The molecule has 19 heavy (non-hydrogen) atoms. The van der Waals surface area contributed by atoms with Gasteiger partial charge >= 0.3 is 0 Å². The van der Waals surface area contributed by atoms with Crippen molar-refractivity contribution in [2.45, 2.75) is 6.42 Å². The lowest BCUT2D eigenvalue weighted by Crippen LogP contribution is -1.95. The summed E-state index contributed by atoms with van der Waals surface area (Å²) in [5.41, 5.74) is 9.90. The van der Waals surface area contributed by atoms with Crippen molar-refractivity contribution in [1.82, 2.24) is 9.97 Å². The zero-order valence-corrected chi connectivity index (χ0v) is 11.1. The molecular formula is C15H13N3S. The van der Waals surface area contributed by atoms with Gasteiger partial charge in [-0.3, -0.25) is 4.98 Å². The third-order valence-electron chi connectivity index (χ3n) is 2.89. The molecule has 1 aromatic carbocycles. The monoisotopic (exact) mass is 267 g/mol. The Bertz CT molecular complexity index is 677. The van der Waals surface area contributed by atoms with Crippen molar-refractivity contribution in [2.24, 2.45) is 0 Å². The Morgan fingerprint density at radius 3 is 2.63 bits per heavy atom. The fourth-order valence-electron chi connectivity index (χ4n) is 2.02. The van der Waals surface area contributed by atoms with Crippen LogP contribution in [0.3, 0.4) is 0 Å². The number of hydrogen-bond donors (Lipinski definition) is 1. The van der Waals surface area contributed by atoms with Crippen LogP contribution in [0, 0.1) is 0 Å². The highest BCUT2D eigenvalue weighted by Gasteiger charge is 2.09. The first kappa shape index (κ1) is 11.9. The Morgan fingerprint density at radius 1 is 1.05 bits per heavy atom. The topological polar surface area (TPSA) is 51.8 Å². The van der Waals surface area contributed by atoms with Gasteiger partial charge in [0.1, 0.15) is 5.69 Å². The minimum absolute atomic E-state index is 0.575. The van der Waals surface area contributed by atoms with Crippen LogP contribution in [-0.2, 0) is 6.42 Å². The van der Waals surface area contributed by atoms with E-state index < -0.39 is 0 Å². The lowest BCUT2D eigenvalue weighted by atomic mass is 10.0. The molecular weight excluding hydrogens is 254 g/mol. The molecule has 0 saturated carbocycles. The molecule has 0 fully saturated rings. The van der Waals surface area contributed by atoms with Crippen LogP contribution in [0.1, 0.15) is 11.1 Å². The number of nitrogens with zero attached hydrogens (tertiary/aromatic N) is 2. The van der Waals surface area contributed by atoms with Crippen LogP contribution >= 0.6 is 11.3 Å². The number of nitrogens with two attached hydrogens (primary N) is 1. The van der Waals surface area contributed by atoms with Gasteiger partial charge in [0.15, 0.2) is 5.13 Å². The Morgan fingerprint density at radius 2 is 1.89 bits per heavy atom. The average Bonchev–Trinajstić information content (AvgIpc) is 2.87. The number of aromatic nitrogens is 2. The molecule has 2 aromatic heterocycles. The van der Waals surface area contributed by atoms with Crippen molar-refractivity contribution >= 4 is 16.5 Å². The molecule has 0 bridgehead atoms. The van der Waals surface area contributed by atoms with Gasteiger partial charge in [0, 0.05) is 11.6 Å². The summed E-state index contributed by atoms with van der Waals surface area (Å²) in [6.45, 7) is 0. The van der Waals surface area contributed by atoms with E-state index in [0.717, 1.165) is 17.8 Å². The molecule has 0 atom stereocenters. The first-order valence-electron chi connectivity index (χ1n) is 6.02. The fourth-order valence-corrected chi connectivity index (χ4v) is 2.57. The minimum atomic E-state index is 0.575. The van der Waals surface area contributed by atoms with Crippen molar-refractivity contribution in [3.05, 3.63) is 65.2 Å². The molecule has 4 heteroatoms. The molecule has 0 spiro atoms. The molecule has 0 aliphatic heterocycles. The van der Waals surface area contributed by atoms with Crippen molar-refractivity contribution < 1.29 is 0 Å². The van der Waals surface area contributed by atoms with E-state index in [9.17, 15) is 0 Å². The number of nitrogen functional groups attached to an aromatic ring is 1. The van der Waals surface area contributed by atoms with Gasteiger partial charge in [-0.05, 0) is 23.6 Å². The van der Waals surface area contributed by atoms with E-state index in [0.29, 0.717) is 5.13 Å². The molecule has 94 valence electrons. The van der Waals surface area contributed by atoms with Gasteiger partial charge in [0.2, 0.25) is 0 Å². The van der Waals surface area contributed by atoms with Gasteiger partial charge in [-0.2, -0.15) is 0 Å². The fraction of sp³-hybridized carbons (Fsp3) is 0.0667. The first-order chi connectivity index (χ1) is 9.33. The average molecular weight is 267 g/mol. The maximum Gasteiger partial charge on any atom is 0.180 e. The highest BCUT2D eigenvalue weighted by Crippen LogP contribution is 2.25. The van der Waals surface area contributed by atoms with Gasteiger partial charge < -0.3 is 5.73 Å². The second-order valence-corrected chi connectivity index (χ2v) is 5.13. The summed E-state index contributed by atoms with van der Waals surface area (Å²) in [6.07, 6.45) is 2.64. The van der Waals surface area contributed by atoms with E-state index in [1.807, 2.05) is 29.6 Å². The summed E-state index contributed by atoms with van der Waals surface area (Å²) >= 11 is 1.44. The summed E-state index contributed by atoms with van der Waals surface area (Å²) in [5.74, 6) is 0. The first-order valence-corrected chi connectivity index (χ1v) is 6.90. The molecule has 0 saturated heterocycles. The summed E-state index contributed by atoms with van der Waals surface area (Å²) < 4.78 is 0. The van der Waals surface area contributed by atoms with Crippen LogP contribution in [0.15, 0.2) is 54.0 Å². The van der Waals surface area contributed by atoms with Crippen LogP contribution in [0.2, 0.25) is 0 Å². The molecule has 2 heterocycles. The maximum atomic E-state index is 5.70. The van der Waals surface area contributed by atoms with Gasteiger partial charge in [0.05, 0.1) is 5.69 Å². The van der Waals surface area contributed by atoms with Gasteiger partial charge in [-0.1, -0.05) is 36.4 Å². The quantitative estimate of drug-likeness (QED) is 0.791. The number of rotatable bonds is 3. The van der Waals surface area contributed by atoms with Crippen molar-refractivity contribution in [3.63, 3.8) is 0 Å². The second-order valence-electron chi connectivity index (χ2n) is 4.24. The van der Waals surface area contributed by atoms with Crippen molar-refractivity contribution in [1.29, 1.82) is 0 Å². The Balaban J connectivity index is 1.98. The Kier molecular flexibility index (Phi) is 3.25. The largest absolute Gasteiger partial charge is 0.375 e. The zero-order chi connectivity index (χ0) is 13.1. The van der Waals surface area contributed by atoms with E-state index >= 15 is 0 Å². The van der Waals surface area contributed by atoms with Crippen LogP contribution < -0.4 is 5.73 Å². The second kappa shape index (κ2) is 5.20. The lowest BCUT2D eigenvalue weighted by molar-refractivity contribution is 1.14. The zero-order valence-electron chi connectivity index (χ0n) is 10.3. The summed E-state index contributed by atoms with van der Waals surface area (Å²) in [6, 6.07) is 14.4.